The van der Waals surface area contributed by atoms with Crippen molar-refractivity contribution in [3.8, 4) is 0 Å². The Morgan fingerprint density at radius 3 is 2.48 bits per heavy atom. The zero-order chi connectivity index (χ0) is 29.6. The van der Waals surface area contributed by atoms with Crippen LogP contribution in [0.1, 0.15) is 56.2 Å². The molecule has 1 aliphatic carbocycles. The third-order valence-corrected chi connectivity index (χ3v) is 7.70. The number of rotatable bonds is 10. The highest BCUT2D eigenvalue weighted by atomic mass is 32.1. The fourth-order valence-corrected chi connectivity index (χ4v) is 5.22. The van der Waals surface area contributed by atoms with Crippen LogP contribution in [-0.4, -0.2) is 31.0 Å². The Hall–Kier alpha value is -3.79. The number of alkyl halides is 2. The summed E-state index contributed by atoms with van der Waals surface area (Å²) >= 11 is 1.40. The van der Waals surface area contributed by atoms with Gasteiger partial charge in [0.2, 0.25) is 5.91 Å². The molecule has 1 saturated carbocycles. The number of thiophene rings is 1. The van der Waals surface area contributed by atoms with E-state index in [-0.39, 0.29) is 0 Å². The van der Waals surface area contributed by atoms with Gasteiger partial charge in [0.15, 0.2) is 0 Å². The van der Waals surface area contributed by atoms with E-state index in [2.05, 4.69) is 15.4 Å². The molecule has 0 saturated heterocycles. The van der Waals surface area contributed by atoms with E-state index in [9.17, 15) is 23.2 Å². The molecule has 10 heteroatoms. The number of amides is 2. The molecule has 3 unspecified atom stereocenters. The van der Waals surface area contributed by atoms with Crippen LogP contribution in [0.5, 0.6) is 0 Å². The van der Waals surface area contributed by atoms with Crippen molar-refractivity contribution in [3.05, 3.63) is 81.2 Å². The van der Waals surface area contributed by atoms with Crippen LogP contribution in [0.4, 0.5) is 19.3 Å². The number of carbonyl (C=O) groups is 3. The van der Waals surface area contributed by atoms with Gasteiger partial charge >= 0.3 is 12.1 Å². The molecule has 0 spiro atoms. The lowest BCUT2D eigenvalue weighted by molar-refractivity contribution is -0.145. The molecule has 0 aliphatic heterocycles. The monoisotopic (exact) mass is 572 g/mol. The van der Waals surface area contributed by atoms with Crippen molar-refractivity contribution in [2.45, 2.75) is 53.1 Å². The van der Waals surface area contributed by atoms with E-state index in [1.165, 1.54) is 11.3 Å². The number of methoxy groups -OCH3 is 1. The molecule has 1 aliphatic rings. The van der Waals surface area contributed by atoms with Gasteiger partial charge in [-0.25, -0.2) is 13.6 Å². The molecule has 2 N–H and O–H groups in total. The first-order chi connectivity index (χ1) is 18.9. The van der Waals surface area contributed by atoms with Crippen LogP contribution in [0.3, 0.4) is 0 Å². The van der Waals surface area contributed by atoms with Crippen LogP contribution < -0.4 is 10.6 Å². The molecule has 40 heavy (non-hydrogen) atoms. The number of nitrogens with one attached hydrogen (secondary N) is 2. The lowest BCUT2D eigenvalue weighted by Crippen LogP contribution is -2.27. The first-order valence-corrected chi connectivity index (χ1v) is 13.7. The van der Waals surface area contributed by atoms with Crippen molar-refractivity contribution < 1.29 is 32.6 Å². The predicted molar refractivity (Wildman–Crippen MR) is 152 cm³/mol. The molecular weight excluding hydrogens is 538 g/mol. The van der Waals surface area contributed by atoms with Crippen LogP contribution in [-0.2, 0) is 19.1 Å². The van der Waals surface area contributed by atoms with Crippen molar-refractivity contribution in [3.63, 3.8) is 0 Å². The van der Waals surface area contributed by atoms with Crippen LogP contribution >= 0.6 is 11.3 Å². The maximum atomic E-state index is 14.1. The summed E-state index contributed by atoms with van der Waals surface area (Å²) in [5.41, 5.74) is 4.26. The minimum Gasteiger partial charge on any atom is -0.469 e. The van der Waals surface area contributed by atoms with Crippen molar-refractivity contribution in [2.75, 3.05) is 12.4 Å². The zero-order valence-corrected chi connectivity index (χ0v) is 24.2. The zero-order valence-electron chi connectivity index (χ0n) is 23.3. The Bertz CT molecular complexity index is 1360. The molecule has 1 aromatic heterocycles. The summed E-state index contributed by atoms with van der Waals surface area (Å²) in [6, 6.07) is 9.43. The van der Waals surface area contributed by atoms with Crippen molar-refractivity contribution in [1.82, 2.24) is 5.32 Å². The Balaban J connectivity index is 1.76. The fourth-order valence-electron chi connectivity index (χ4n) is 4.37. The predicted octanol–water partition coefficient (Wildman–Crippen LogP) is 7.18. The normalized spacial score (nSPS) is 19.4. The summed E-state index contributed by atoms with van der Waals surface area (Å²) in [7, 11) is 1.01. The molecule has 2 aromatic rings. The van der Waals surface area contributed by atoms with Crippen LogP contribution in [0.25, 0.3) is 5.57 Å². The van der Waals surface area contributed by atoms with Gasteiger partial charge in [0.25, 0.3) is 5.92 Å². The SMILES string of the molecule is CC/C=C(C)/C(=C\C=C(/C)c1sccc1NC(=O)OC(C)c1ccccc1C)NC(=O)C1C(C(=O)OC)C1(F)F. The largest absolute Gasteiger partial charge is 0.469 e. The van der Waals surface area contributed by atoms with Crippen LogP contribution in [0, 0.1) is 18.8 Å². The van der Waals surface area contributed by atoms with E-state index in [4.69, 9.17) is 4.74 Å². The second-order valence-electron chi connectivity index (χ2n) is 9.56. The molecular formula is C30H34F2N2O5S. The molecule has 0 radical (unpaired) electrons. The summed E-state index contributed by atoms with van der Waals surface area (Å²) in [5, 5.41) is 7.16. The van der Waals surface area contributed by atoms with E-state index >= 15 is 0 Å². The van der Waals surface area contributed by atoms with Crippen molar-refractivity contribution in [2.24, 2.45) is 11.8 Å². The Kier molecular flexibility index (Phi) is 10.0. The van der Waals surface area contributed by atoms with Gasteiger partial charge in [-0.15, -0.1) is 11.3 Å². The molecule has 1 aromatic carbocycles. The van der Waals surface area contributed by atoms with Crippen LogP contribution in [0.15, 0.2) is 65.2 Å². The number of carbonyl (C=O) groups excluding carboxylic acids is 3. The Morgan fingerprint density at radius 1 is 1.12 bits per heavy atom. The second kappa shape index (κ2) is 13.0. The third kappa shape index (κ3) is 7.04. The molecule has 3 rings (SSSR count). The number of benzene rings is 1. The van der Waals surface area contributed by atoms with Crippen molar-refractivity contribution in [1.29, 1.82) is 0 Å². The highest BCUT2D eigenvalue weighted by molar-refractivity contribution is 7.11. The van der Waals surface area contributed by atoms with Gasteiger partial charge in [-0.1, -0.05) is 43.3 Å². The first-order valence-electron chi connectivity index (χ1n) is 12.9. The first kappa shape index (κ1) is 30.7. The molecule has 0 bridgehead atoms. The molecule has 3 atom stereocenters. The smallest absolute Gasteiger partial charge is 0.412 e. The summed E-state index contributed by atoms with van der Waals surface area (Å²) in [5.74, 6) is -9.11. The maximum absolute atomic E-state index is 14.1. The van der Waals surface area contributed by atoms with E-state index < -0.39 is 41.8 Å². The van der Waals surface area contributed by atoms with Crippen molar-refractivity contribution >= 4 is 40.6 Å². The van der Waals surface area contributed by atoms with E-state index in [1.807, 2.05) is 56.5 Å². The van der Waals surface area contributed by atoms with Gasteiger partial charge in [0.05, 0.1) is 17.7 Å². The van der Waals surface area contributed by atoms with Gasteiger partial charge in [-0.2, -0.15) is 0 Å². The Labute approximate surface area is 236 Å². The topological polar surface area (TPSA) is 93.7 Å². The van der Waals surface area contributed by atoms with E-state index in [1.54, 1.807) is 32.1 Å². The second-order valence-corrected chi connectivity index (χ2v) is 10.5. The number of ether oxygens (including phenoxy) is 2. The van der Waals surface area contributed by atoms with Gasteiger partial charge < -0.3 is 14.8 Å². The lowest BCUT2D eigenvalue weighted by Gasteiger charge is -2.16. The van der Waals surface area contributed by atoms with Crippen LogP contribution in [0.2, 0.25) is 0 Å². The van der Waals surface area contributed by atoms with Gasteiger partial charge in [-0.05, 0) is 73.9 Å². The highest BCUT2D eigenvalue weighted by Crippen LogP contribution is 2.56. The average Bonchev–Trinajstić information content (AvgIpc) is 3.22. The summed E-state index contributed by atoms with van der Waals surface area (Å²) < 4.78 is 38.3. The highest BCUT2D eigenvalue weighted by Gasteiger charge is 2.76. The molecule has 1 heterocycles. The number of aryl methyl sites for hydroxylation is 1. The number of allylic oxidation sites excluding steroid dienone is 5. The third-order valence-electron chi connectivity index (χ3n) is 6.65. The number of hydrogen-bond donors (Lipinski definition) is 2. The maximum Gasteiger partial charge on any atom is 0.412 e. The quantitative estimate of drug-likeness (QED) is 0.232. The van der Waals surface area contributed by atoms with Gasteiger partial charge in [-0.3, -0.25) is 14.9 Å². The number of esters is 1. The summed E-state index contributed by atoms with van der Waals surface area (Å²) in [6.45, 7) is 9.25. The molecule has 214 valence electrons. The lowest BCUT2D eigenvalue weighted by atomic mass is 10.1. The standard InChI is InChI=1S/C30H34F2N2O5S/c1-7-10-18(3)22(33-27(35)24-25(28(36)38-6)30(24,31)32)14-13-19(4)26-23(15-16-40-26)34-29(37)39-20(5)21-12-9-8-11-17(21)2/h8-16,20,24-25H,7H2,1-6H3,(H,33,35)(H,34,37)/b18-10+,19-13+,22-14+. The summed E-state index contributed by atoms with van der Waals surface area (Å²) in [6.07, 6.45) is 4.81. The number of anilines is 1. The van der Waals surface area contributed by atoms with E-state index in [0.29, 0.717) is 23.4 Å². The van der Waals surface area contributed by atoms with Gasteiger partial charge in [0.1, 0.15) is 17.9 Å². The Morgan fingerprint density at radius 2 is 1.82 bits per heavy atom. The number of hydrogen-bond acceptors (Lipinski definition) is 6. The fraction of sp³-hybridized carbons (Fsp3) is 0.367. The minimum atomic E-state index is -3.46. The molecule has 1 fully saturated rings. The summed E-state index contributed by atoms with van der Waals surface area (Å²) in [4.78, 5) is 37.8. The molecule has 7 nitrogen and oxygen atoms in total. The minimum absolute atomic E-state index is 0.329. The number of halogens is 2. The average molecular weight is 573 g/mol. The van der Waals surface area contributed by atoms with E-state index in [0.717, 1.165) is 28.7 Å². The molecule has 2 amide bonds. The van der Waals surface area contributed by atoms with Gasteiger partial charge in [0, 0.05) is 5.70 Å².